The van der Waals surface area contributed by atoms with E-state index in [2.05, 4.69) is 44.7 Å². The summed E-state index contributed by atoms with van der Waals surface area (Å²) >= 11 is 1.29. The molecule has 0 spiro atoms. The Balaban J connectivity index is 1.40. The molecule has 1 aromatic heterocycles. The fourth-order valence-electron chi connectivity index (χ4n) is 3.08. The predicted molar refractivity (Wildman–Crippen MR) is 111 cm³/mol. The summed E-state index contributed by atoms with van der Waals surface area (Å²) in [5.41, 5.74) is 2.57. The van der Waals surface area contributed by atoms with Gasteiger partial charge in [0, 0.05) is 36.6 Å². The molecule has 4 rings (SSSR count). The van der Waals surface area contributed by atoms with Crippen molar-refractivity contribution >= 4 is 40.7 Å². The number of nitro groups is 1. The number of carbonyl (C=O) groups is 1. The maximum Gasteiger partial charge on any atom is 0.271 e. The van der Waals surface area contributed by atoms with Crippen LogP contribution in [-0.2, 0) is 11.3 Å². The minimum Gasteiger partial charge on any atom is -0.325 e. The summed E-state index contributed by atoms with van der Waals surface area (Å²) in [6.07, 6.45) is 0. The van der Waals surface area contributed by atoms with Crippen molar-refractivity contribution in [3.8, 4) is 0 Å². The molecule has 10 heteroatoms. The molecule has 9 nitrogen and oxygen atoms in total. The number of non-ortho nitro benzene ring substituents is 1. The van der Waals surface area contributed by atoms with Gasteiger partial charge in [-0.05, 0) is 25.1 Å². The predicted octanol–water partition coefficient (Wildman–Crippen LogP) is 3.38. The topological polar surface area (TPSA) is 106 Å². The van der Waals surface area contributed by atoms with Gasteiger partial charge >= 0.3 is 0 Å². The highest BCUT2D eigenvalue weighted by Gasteiger charge is 2.26. The Labute approximate surface area is 170 Å². The standard InChI is InChI=1S/C19H18N6O3S/c1-13-5-7-15(8-6-13)23-9-10-24-18(23)21-22-19(24)29-12-17(26)20-14-3-2-4-16(11-14)25(27)28/h2-8,11H,9-10,12H2,1H3,(H,20,26). The summed E-state index contributed by atoms with van der Waals surface area (Å²) in [4.78, 5) is 24.7. The van der Waals surface area contributed by atoms with Crippen LogP contribution in [0.5, 0.6) is 0 Å². The lowest BCUT2D eigenvalue weighted by Gasteiger charge is -2.15. The molecule has 0 saturated carbocycles. The minimum absolute atomic E-state index is 0.0677. The first-order valence-corrected chi connectivity index (χ1v) is 9.94. The van der Waals surface area contributed by atoms with Gasteiger partial charge in [-0.3, -0.25) is 19.5 Å². The number of thioether (sulfide) groups is 1. The maximum absolute atomic E-state index is 12.2. The molecule has 2 aromatic carbocycles. The van der Waals surface area contributed by atoms with Crippen molar-refractivity contribution in [1.82, 2.24) is 14.8 Å². The Kier molecular flexibility index (Phi) is 5.17. The van der Waals surface area contributed by atoms with Crippen LogP contribution in [0.1, 0.15) is 5.56 Å². The van der Waals surface area contributed by atoms with Gasteiger partial charge in [-0.25, -0.2) is 0 Å². The summed E-state index contributed by atoms with van der Waals surface area (Å²) in [6.45, 7) is 3.58. The van der Waals surface area contributed by atoms with Crippen LogP contribution in [0.4, 0.5) is 23.0 Å². The maximum atomic E-state index is 12.2. The van der Waals surface area contributed by atoms with E-state index < -0.39 is 4.92 Å². The van der Waals surface area contributed by atoms with E-state index in [1.54, 1.807) is 6.07 Å². The number of nitrogens with one attached hydrogen (secondary N) is 1. The van der Waals surface area contributed by atoms with Gasteiger partial charge in [0.15, 0.2) is 5.16 Å². The van der Waals surface area contributed by atoms with E-state index >= 15 is 0 Å². The minimum atomic E-state index is -0.496. The van der Waals surface area contributed by atoms with Gasteiger partial charge in [-0.15, -0.1) is 10.2 Å². The number of amides is 1. The van der Waals surface area contributed by atoms with Crippen LogP contribution in [0, 0.1) is 17.0 Å². The van der Waals surface area contributed by atoms with Crippen molar-refractivity contribution in [3.63, 3.8) is 0 Å². The third-order valence-electron chi connectivity index (χ3n) is 4.50. The molecule has 0 fully saturated rings. The molecule has 29 heavy (non-hydrogen) atoms. The second kappa shape index (κ2) is 7.92. The first-order valence-electron chi connectivity index (χ1n) is 8.96. The number of aryl methyl sites for hydroxylation is 1. The molecule has 1 aliphatic heterocycles. The number of carbonyl (C=O) groups excluding carboxylic acids is 1. The first kappa shape index (κ1) is 18.9. The lowest BCUT2D eigenvalue weighted by molar-refractivity contribution is -0.384. The molecular weight excluding hydrogens is 392 g/mol. The van der Waals surface area contributed by atoms with E-state index in [1.165, 1.54) is 35.5 Å². The number of anilines is 3. The van der Waals surface area contributed by atoms with Gasteiger partial charge in [-0.1, -0.05) is 35.5 Å². The molecule has 0 atom stereocenters. The van der Waals surface area contributed by atoms with Gasteiger partial charge in [-0.2, -0.15) is 0 Å². The largest absolute Gasteiger partial charge is 0.325 e. The Morgan fingerprint density at radius 3 is 2.76 bits per heavy atom. The van der Waals surface area contributed by atoms with E-state index in [0.29, 0.717) is 10.8 Å². The van der Waals surface area contributed by atoms with Crippen LogP contribution in [-0.4, -0.2) is 37.9 Å². The lowest BCUT2D eigenvalue weighted by atomic mass is 10.2. The SMILES string of the molecule is Cc1ccc(N2CCn3c(SCC(=O)Nc4cccc([N+](=O)[O-])c4)nnc32)cc1. The molecule has 3 aromatic rings. The molecule has 0 bridgehead atoms. The molecule has 0 unspecified atom stereocenters. The second-order valence-electron chi connectivity index (χ2n) is 6.57. The van der Waals surface area contributed by atoms with E-state index in [9.17, 15) is 14.9 Å². The number of rotatable bonds is 6. The first-order chi connectivity index (χ1) is 14.0. The molecule has 1 amide bonds. The van der Waals surface area contributed by atoms with Crippen molar-refractivity contribution in [2.45, 2.75) is 18.6 Å². The fourth-order valence-corrected chi connectivity index (χ4v) is 3.84. The van der Waals surface area contributed by atoms with Gasteiger partial charge in [0.05, 0.1) is 10.7 Å². The zero-order valence-corrected chi connectivity index (χ0v) is 16.4. The number of hydrogen-bond acceptors (Lipinski definition) is 7. The van der Waals surface area contributed by atoms with Crippen molar-refractivity contribution in [2.75, 3.05) is 22.5 Å². The third kappa shape index (κ3) is 4.06. The Morgan fingerprint density at radius 2 is 2.00 bits per heavy atom. The van der Waals surface area contributed by atoms with E-state index in [0.717, 1.165) is 24.7 Å². The highest BCUT2D eigenvalue weighted by molar-refractivity contribution is 7.99. The van der Waals surface area contributed by atoms with Crippen LogP contribution in [0.3, 0.4) is 0 Å². The Morgan fingerprint density at radius 1 is 1.21 bits per heavy atom. The molecule has 0 aliphatic carbocycles. The average molecular weight is 410 g/mol. The number of fused-ring (bicyclic) bond motifs is 1. The molecular formula is C19H18N6O3S. The summed E-state index contributed by atoms with van der Waals surface area (Å²) in [7, 11) is 0. The molecule has 0 saturated heterocycles. The quantitative estimate of drug-likeness (QED) is 0.377. The fraction of sp³-hybridized carbons (Fsp3) is 0.211. The number of benzene rings is 2. The zero-order chi connectivity index (χ0) is 20.4. The molecule has 148 valence electrons. The van der Waals surface area contributed by atoms with E-state index in [1.807, 2.05) is 11.5 Å². The van der Waals surface area contributed by atoms with Gasteiger partial charge in [0.2, 0.25) is 11.9 Å². The number of nitro benzene ring substituents is 1. The summed E-state index contributed by atoms with van der Waals surface area (Å²) in [6, 6.07) is 14.1. The highest BCUT2D eigenvalue weighted by atomic mass is 32.2. The van der Waals surface area contributed by atoms with E-state index in [-0.39, 0.29) is 17.3 Å². The van der Waals surface area contributed by atoms with Gasteiger partial charge in [0.25, 0.3) is 5.69 Å². The van der Waals surface area contributed by atoms with Crippen molar-refractivity contribution in [2.24, 2.45) is 0 Å². The number of aromatic nitrogens is 3. The lowest BCUT2D eigenvalue weighted by Crippen LogP contribution is -2.15. The van der Waals surface area contributed by atoms with Crippen molar-refractivity contribution < 1.29 is 9.72 Å². The Hall–Kier alpha value is -3.40. The summed E-state index contributed by atoms with van der Waals surface area (Å²) in [5.74, 6) is 0.627. The smallest absolute Gasteiger partial charge is 0.271 e. The van der Waals surface area contributed by atoms with Crippen LogP contribution in [0.15, 0.2) is 53.7 Å². The van der Waals surface area contributed by atoms with Crippen molar-refractivity contribution in [3.05, 3.63) is 64.2 Å². The highest BCUT2D eigenvalue weighted by Crippen LogP contribution is 2.32. The summed E-state index contributed by atoms with van der Waals surface area (Å²) < 4.78 is 1.99. The monoisotopic (exact) mass is 410 g/mol. The molecule has 1 aliphatic rings. The third-order valence-corrected chi connectivity index (χ3v) is 5.47. The number of nitrogens with zero attached hydrogens (tertiary/aromatic N) is 5. The molecule has 1 N–H and O–H groups in total. The average Bonchev–Trinajstić information content (AvgIpc) is 3.30. The van der Waals surface area contributed by atoms with Crippen LogP contribution in [0.2, 0.25) is 0 Å². The van der Waals surface area contributed by atoms with Crippen LogP contribution >= 0.6 is 11.8 Å². The second-order valence-corrected chi connectivity index (χ2v) is 7.51. The normalized spacial score (nSPS) is 12.7. The van der Waals surface area contributed by atoms with Crippen LogP contribution in [0.25, 0.3) is 0 Å². The summed E-state index contributed by atoms with van der Waals surface area (Å²) in [5, 5.41) is 22.7. The van der Waals surface area contributed by atoms with Gasteiger partial charge < -0.3 is 10.2 Å². The van der Waals surface area contributed by atoms with Crippen LogP contribution < -0.4 is 10.2 Å². The molecule has 2 heterocycles. The molecule has 0 radical (unpaired) electrons. The zero-order valence-electron chi connectivity index (χ0n) is 15.6. The van der Waals surface area contributed by atoms with Gasteiger partial charge in [0.1, 0.15) is 0 Å². The van der Waals surface area contributed by atoms with Crippen molar-refractivity contribution in [1.29, 1.82) is 0 Å². The van der Waals surface area contributed by atoms with E-state index in [4.69, 9.17) is 0 Å². The number of hydrogen-bond donors (Lipinski definition) is 1. The Bertz CT molecular complexity index is 1070.